The summed E-state index contributed by atoms with van der Waals surface area (Å²) in [6.07, 6.45) is 1.43. The van der Waals surface area contributed by atoms with E-state index in [0.717, 1.165) is 0 Å². The minimum atomic E-state index is -0.116. The van der Waals surface area contributed by atoms with E-state index >= 15 is 0 Å². The molecule has 1 aromatic rings. The lowest BCUT2D eigenvalue weighted by atomic mass is 9.98. The van der Waals surface area contributed by atoms with Crippen LogP contribution in [0.25, 0.3) is 0 Å². The molecule has 5 nitrogen and oxygen atoms in total. The first-order chi connectivity index (χ1) is 9.15. The Morgan fingerprint density at radius 3 is 2.68 bits per heavy atom. The Balaban J connectivity index is 2.08. The topological polar surface area (TPSA) is 73.6 Å². The molecule has 1 aliphatic heterocycles. The Morgan fingerprint density at radius 2 is 2.16 bits per heavy atom. The highest BCUT2D eigenvalue weighted by Gasteiger charge is 2.23. The predicted molar refractivity (Wildman–Crippen MR) is 68.9 cm³/mol. The van der Waals surface area contributed by atoms with Crippen molar-refractivity contribution in [3.8, 4) is 17.6 Å². The monoisotopic (exact) mass is 260 g/mol. The first-order valence-electron chi connectivity index (χ1n) is 6.21. The van der Waals surface area contributed by atoms with E-state index < -0.39 is 0 Å². The summed E-state index contributed by atoms with van der Waals surface area (Å²) in [6.45, 7) is 1.17. The van der Waals surface area contributed by atoms with E-state index in [1.165, 1.54) is 13.2 Å². The minimum Gasteiger partial charge on any atom is -0.504 e. The highest BCUT2D eigenvalue weighted by atomic mass is 16.5. The van der Waals surface area contributed by atoms with Crippen molar-refractivity contribution in [1.29, 1.82) is 5.26 Å². The van der Waals surface area contributed by atoms with E-state index in [9.17, 15) is 9.90 Å². The van der Waals surface area contributed by atoms with Crippen molar-refractivity contribution >= 4 is 5.91 Å². The van der Waals surface area contributed by atoms with Gasteiger partial charge in [0.25, 0.3) is 5.91 Å². The summed E-state index contributed by atoms with van der Waals surface area (Å²) in [7, 11) is 1.46. The van der Waals surface area contributed by atoms with Gasteiger partial charge in [-0.2, -0.15) is 5.26 Å². The van der Waals surface area contributed by atoms with Crippen LogP contribution in [0.15, 0.2) is 18.2 Å². The van der Waals surface area contributed by atoms with Crippen molar-refractivity contribution in [2.45, 2.75) is 12.8 Å². The fourth-order valence-electron chi connectivity index (χ4n) is 2.22. The van der Waals surface area contributed by atoms with Crippen molar-refractivity contribution in [2.24, 2.45) is 5.92 Å². The van der Waals surface area contributed by atoms with Gasteiger partial charge in [0, 0.05) is 24.6 Å². The number of hydrogen-bond donors (Lipinski definition) is 1. The molecule has 100 valence electrons. The molecule has 2 rings (SSSR count). The van der Waals surface area contributed by atoms with Crippen molar-refractivity contribution < 1.29 is 14.6 Å². The van der Waals surface area contributed by atoms with Crippen LogP contribution in [0, 0.1) is 17.2 Å². The number of ether oxygens (including phenoxy) is 1. The Hall–Kier alpha value is -2.22. The number of amides is 1. The van der Waals surface area contributed by atoms with Crippen LogP contribution >= 0.6 is 0 Å². The predicted octanol–water partition coefficient (Wildman–Crippen LogP) is 1.78. The fourth-order valence-corrected chi connectivity index (χ4v) is 2.22. The summed E-state index contributed by atoms with van der Waals surface area (Å²) in [5, 5.41) is 18.5. The lowest BCUT2D eigenvalue weighted by Crippen LogP contribution is -2.38. The molecule has 1 heterocycles. The van der Waals surface area contributed by atoms with E-state index in [2.05, 4.69) is 6.07 Å². The highest BCUT2D eigenvalue weighted by molar-refractivity contribution is 5.95. The molecular formula is C14H16N2O3. The third-order valence-electron chi connectivity index (χ3n) is 3.39. The van der Waals surface area contributed by atoms with Crippen LogP contribution in [-0.2, 0) is 0 Å². The van der Waals surface area contributed by atoms with E-state index in [-0.39, 0.29) is 17.6 Å². The highest BCUT2D eigenvalue weighted by Crippen LogP contribution is 2.27. The first kappa shape index (κ1) is 13.2. The van der Waals surface area contributed by atoms with Crippen LogP contribution in [0.1, 0.15) is 23.2 Å². The lowest BCUT2D eigenvalue weighted by Gasteiger charge is -2.29. The minimum absolute atomic E-state index is 0.0414. The molecule has 0 unspecified atom stereocenters. The number of phenolic OH excluding ortho intramolecular Hbond substituents is 1. The summed E-state index contributed by atoms with van der Waals surface area (Å²) in [6, 6.07) is 6.86. The van der Waals surface area contributed by atoms with Crippen LogP contribution in [0.3, 0.4) is 0 Å². The second kappa shape index (κ2) is 5.61. The smallest absolute Gasteiger partial charge is 0.253 e. The van der Waals surface area contributed by atoms with E-state index in [4.69, 9.17) is 10.00 Å². The summed E-state index contributed by atoms with van der Waals surface area (Å²) in [5.41, 5.74) is 0.439. The van der Waals surface area contributed by atoms with E-state index in [1.54, 1.807) is 17.0 Å². The quantitative estimate of drug-likeness (QED) is 0.879. The Kier molecular flexibility index (Phi) is 3.91. The zero-order valence-corrected chi connectivity index (χ0v) is 10.8. The normalized spacial score (nSPS) is 15.9. The third kappa shape index (κ3) is 2.79. The van der Waals surface area contributed by atoms with Crippen molar-refractivity contribution in [3.05, 3.63) is 23.8 Å². The molecule has 0 spiro atoms. The van der Waals surface area contributed by atoms with Gasteiger partial charge in [-0.05, 0) is 31.0 Å². The van der Waals surface area contributed by atoms with Gasteiger partial charge >= 0.3 is 0 Å². The molecule has 0 atom stereocenters. The summed E-state index contributed by atoms with van der Waals surface area (Å²) in [5.74, 6) is 0.239. The number of methoxy groups -OCH3 is 1. The maximum absolute atomic E-state index is 12.2. The molecule has 1 aliphatic rings. The molecule has 1 fully saturated rings. The first-order valence-corrected chi connectivity index (χ1v) is 6.21. The second-order valence-corrected chi connectivity index (χ2v) is 4.58. The number of nitriles is 1. The molecule has 0 aromatic heterocycles. The number of carbonyl (C=O) groups excluding carboxylic acids is 1. The summed E-state index contributed by atoms with van der Waals surface area (Å²) < 4.78 is 4.94. The second-order valence-electron chi connectivity index (χ2n) is 4.58. The number of benzene rings is 1. The molecule has 1 aromatic carbocycles. The maximum Gasteiger partial charge on any atom is 0.253 e. The van der Waals surface area contributed by atoms with Gasteiger partial charge in [-0.1, -0.05) is 0 Å². The third-order valence-corrected chi connectivity index (χ3v) is 3.39. The largest absolute Gasteiger partial charge is 0.504 e. The van der Waals surface area contributed by atoms with Gasteiger partial charge in [0.15, 0.2) is 11.5 Å². The number of likely N-dealkylation sites (tertiary alicyclic amines) is 1. The number of rotatable bonds is 2. The van der Waals surface area contributed by atoms with Gasteiger partial charge in [0.1, 0.15) is 0 Å². The molecule has 19 heavy (non-hydrogen) atoms. The molecule has 0 aliphatic carbocycles. The lowest BCUT2D eigenvalue weighted by molar-refractivity contribution is 0.0707. The van der Waals surface area contributed by atoms with Crippen LogP contribution in [0.5, 0.6) is 11.5 Å². The van der Waals surface area contributed by atoms with Gasteiger partial charge in [-0.25, -0.2) is 0 Å². The summed E-state index contributed by atoms with van der Waals surface area (Å²) >= 11 is 0. The fraction of sp³-hybridized carbons (Fsp3) is 0.429. The van der Waals surface area contributed by atoms with E-state index in [1.807, 2.05) is 0 Å². The average Bonchev–Trinajstić information content (AvgIpc) is 2.46. The number of hydrogen-bond acceptors (Lipinski definition) is 4. The number of phenols is 1. The SMILES string of the molecule is COc1ccc(C(=O)N2CCC(C#N)CC2)cc1O. The van der Waals surface area contributed by atoms with E-state index in [0.29, 0.717) is 37.2 Å². The van der Waals surface area contributed by atoms with Gasteiger partial charge in [-0.15, -0.1) is 0 Å². The molecule has 1 saturated heterocycles. The van der Waals surface area contributed by atoms with Crippen LogP contribution in [0.2, 0.25) is 0 Å². The van der Waals surface area contributed by atoms with Gasteiger partial charge in [-0.3, -0.25) is 4.79 Å². The van der Waals surface area contributed by atoms with Crippen LogP contribution < -0.4 is 4.74 Å². The maximum atomic E-state index is 12.2. The molecule has 5 heteroatoms. The number of piperidine rings is 1. The molecule has 0 bridgehead atoms. The van der Waals surface area contributed by atoms with Crippen LogP contribution in [-0.4, -0.2) is 36.1 Å². The van der Waals surface area contributed by atoms with Gasteiger partial charge < -0.3 is 14.7 Å². The van der Waals surface area contributed by atoms with Crippen molar-refractivity contribution in [3.63, 3.8) is 0 Å². The zero-order chi connectivity index (χ0) is 13.8. The van der Waals surface area contributed by atoms with Gasteiger partial charge in [0.05, 0.1) is 13.2 Å². The summed E-state index contributed by atoms with van der Waals surface area (Å²) in [4.78, 5) is 14.0. The number of aromatic hydroxyl groups is 1. The Bertz CT molecular complexity index is 514. The Labute approximate surface area is 112 Å². The average molecular weight is 260 g/mol. The number of nitrogens with zero attached hydrogens (tertiary/aromatic N) is 2. The molecule has 1 amide bonds. The zero-order valence-electron chi connectivity index (χ0n) is 10.8. The van der Waals surface area contributed by atoms with Crippen molar-refractivity contribution in [2.75, 3.05) is 20.2 Å². The molecule has 1 N–H and O–H groups in total. The Morgan fingerprint density at radius 1 is 1.47 bits per heavy atom. The molecule has 0 radical (unpaired) electrons. The molecule has 0 saturated carbocycles. The van der Waals surface area contributed by atoms with Crippen LogP contribution in [0.4, 0.5) is 0 Å². The van der Waals surface area contributed by atoms with Gasteiger partial charge in [0.2, 0.25) is 0 Å². The number of carbonyl (C=O) groups is 1. The molecular weight excluding hydrogens is 244 g/mol. The van der Waals surface area contributed by atoms with Crippen molar-refractivity contribution in [1.82, 2.24) is 4.90 Å². The standard InChI is InChI=1S/C14H16N2O3/c1-19-13-3-2-11(8-12(13)17)14(18)16-6-4-10(9-15)5-7-16/h2-3,8,10,17H,4-7H2,1H3.